The smallest absolute Gasteiger partial charge is 0.303 e. The molecular formula is C22H34O2. The Hall–Kier alpha value is -1.75. The lowest BCUT2D eigenvalue weighted by Crippen LogP contribution is -2.07. The minimum absolute atomic E-state index is 0.206. The van der Waals surface area contributed by atoms with E-state index in [1.807, 2.05) is 0 Å². The highest BCUT2D eigenvalue weighted by atomic mass is 16.4. The molecule has 0 rings (SSSR count). The van der Waals surface area contributed by atoms with Crippen LogP contribution in [0.5, 0.6) is 0 Å². The van der Waals surface area contributed by atoms with Gasteiger partial charge in [0.1, 0.15) is 0 Å². The Bertz CT molecular complexity index is 446. The predicted molar refractivity (Wildman–Crippen MR) is 104 cm³/mol. The first-order valence-electron chi connectivity index (χ1n) is 9.27. The summed E-state index contributed by atoms with van der Waals surface area (Å²) >= 11 is 0. The van der Waals surface area contributed by atoms with Gasteiger partial charge >= 0.3 is 5.97 Å². The first kappa shape index (κ1) is 22.2. The van der Waals surface area contributed by atoms with Crippen molar-refractivity contribution >= 4 is 5.97 Å². The summed E-state index contributed by atoms with van der Waals surface area (Å²) in [4.78, 5) is 10.8. The molecule has 0 fully saturated rings. The molecule has 0 amide bonds. The Kier molecular flexibility index (Phi) is 16.3. The zero-order chi connectivity index (χ0) is 17.9. The maximum atomic E-state index is 10.8. The first-order valence-corrected chi connectivity index (χ1v) is 9.27. The van der Waals surface area contributed by atoms with Crippen molar-refractivity contribution in [2.24, 2.45) is 5.92 Å². The van der Waals surface area contributed by atoms with E-state index in [9.17, 15) is 4.79 Å². The van der Waals surface area contributed by atoms with E-state index in [4.69, 9.17) is 5.11 Å². The van der Waals surface area contributed by atoms with E-state index in [0.717, 1.165) is 44.9 Å². The van der Waals surface area contributed by atoms with Crippen LogP contribution in [-0.4, -0.2) is 11.1 Å². The van der Waals surface area contributed by atoms with Gasteiger partial charge in [0.2, 0.25) is 0 Å². The summed E-state index contributed by atoms with van der Waals surface area (Å²) in [6, 6.07) is 0. The molecule has 0 aromatic rings. The van der Waals surface area contributed by atoms with Crippen LogP contribution in [0.4, 0.5) is 0 Å². The third-order valence-corrected chi connectivity index (χ3v) is 3.79. The van der Waals surface area contributed by atoms with E-state index in [1.54, 1.807) is 6.92 Å². The number of aliphatic carboxylic acids is 1. The summed E-state index contributed by atoms with van der Waals surface area (Å²) in [6.45, 7) is 3.95. The fraction of sp³-hybridized carbons (Fsp3) is 0.591. The topological polar surface area (TPSA) is 37.3 Å². The van der Waals surface area contributed by atoms with Crippen LogP contribution < -0.4 is 0 Å². The molecule has 134 valence electrons. The normalized spacial score (nSPS) is 12.8. The SMILES string of the molecule is CC#CCC(CCCCC/C=C\C/C=C\C/C=C\CC)CC(=O)O. The predicted octanol–water partition coefficient (Wildman–Crippen LogP) is 6.30. The fourth-order valence-electron chi connectivity index (χ4n) is 2.47. The highest BCUT2D eigenvalue weighted by molar-refractivity contribution is 5.67. The zero-order valence-electron chi connectivity index (χ0n) is 15.5. The number of rotatable bonds is 14. The number of carboxylic acids is 1. The van der Waals surface area contributed by atoms with Gasteiger partial charge in [-0.2, -0.15) is 0 Å². The minimum atomic E-state index is -0.709. The molecule has 0 saturated heterocycles. The van der Waals surface area contributed by atoms with Gasteiger partial charge in [-0.05, 0) is 51.4 Å². The number of hydrogen-bond donors (Lipinski definition) is 1. The van der Waals surface area contributed by atoms with Crippen LogP contribution in [0.25, 0.3) is 0 Å². The molecule has 0 aromatic carbocycles. The van der Waals surface area contributed by atoms with Crippen LogP contribution in [0.2, 0.25) is 0 Å². The van der Waals surface area contributed by atoms with Crippen molar-refractivity contribution < 1.29 is 9.90 Å². The van der Waals surface area contributed by atoms with E-state index in [1.165, 1.54) is 6.42 Å². The molecular weight excluding hydrogens is 296 g/mol. The molecule has 0 bridgehead atoms. The molecule has 0 aliphatic rings. The van der Waals surface area contributed by atoms with Crippen molar-refractivity contribution in [2.75, 3.05) is 0 Å². The average molecular weight is 331 g/mol. The number of allylic oxidation sites excluding steroid dienone is 6. The summed E-state index contributed by atoms with van der Waals surface area (Å²) in [5.74, 6) is 5.37. The van der Waals surface area contributed by atoms with E-state index in [2.05, 4.69) is 55.2 Å². The molecule has 2 nitrogen and oxygen atoms in total. The Morgan fingerprint density at radius 1 is 1.00 bits per heavy atom. The molecule has 0 aliphatic heterocycles. The molecule has 1 unspecified atom stereocenters. The van der Waals surface area contributed by atoms with Crippen LogP contribution in [0, 0.1) is 17.8 Å². The Balaban J connectivity index is 3.65. The molecule has 1 atom stereocenters. The lowest BCUT2D eigenvalue weighted by atomic mass is 9.94. The van der Waals surface area contributed by atoms with Gasteiger partial charge < -0.3 is 5.11 Å². The van der Waals surface area contributed by atoms with E-state index in [-0.39, 0.29) is 12.3 Å². The van der Waals surface area contributed by atoms with Crippen LogP contribution in [-0.2, 0) is 4.79 Å². The molecule has 0 radical (unpaired) electrons. The number of unbranched alkanes of at least 4 members (excludes halogenated alkanes) is 3. The number of carboxylic acid groups (broad SMARTS) is 1. The highest BCUT2D eigenvalue weighted by Crippen LogP contribution is 2.18. The summed E-state index contributed by atoms with van der Waals surface area (Å²) in [6.07, 6.45) is 22.9. The summed E-state index contributed by atoms with van der Waals surface area (Å²) in [5.41, 5.74) is 0. The van der Waals surface area contributed by atoms with Gasteiger partial charge in [-0.3, -0.25) is 4.79 Å². The van der Waals surface area contributed by atoms with E-state index in [0.29, 0.717) is 6.42 Å². The van der Waals surface area contributed by atoms with Crippen molar-refractivity contribution in [2.45, 2.75) is 78.1 Å². The van der Waals surface area contributed by atoms with Crippen LogP contribution in [0.15, 0.2) is 36.5 Å². The van der Waals surface area contributed by atoms with Gasteiger partial charge in [-0.1, -0.05) is 56.2 Å². The Morgan fingerprint density at radius 3 is 2.29 bits per heavy atom. The fourth-order valence-corrected chi connectivity index (χ4v) is 2.47. The standard InChI is InChI=1S/C22H34O2/c1-3-5-7-8-9-10-11-12-13-14-15-16-17-19-21(18-6-4-2)20-22(23)24/h5,7,9-10,12-13,21H,3,8,11,14-20H2,1-2H3,(H,23,24)/b7-5-,10-9-,13-12-. The van der Waals surface area contributed by atoms with Gasteiger partial charge in [0, 0.05) is 12.8 Å². The molecule has 2 heteroatoms. The summed E-state index contributed by atoms with van der Waals surface area (Å²) in [5, 5.41) is 8.92. The maximum Gasteiger partial charge on any atom is 0.303 e. The second kappa shape index (κ2) is 17.6. The maximum absolute atomic E-state index is 10.8. The van der Waals surface area contributed by atoms with Crippen LogP contribution in [0.3, 0.4) is 0 Å². The minimum Gasteiger partial charge on any atom is -0.481 e. The molecule has 24 heavy (non-hydrogen) atoms. The van der Waals surface area contributed by atoms with Crippen molar-refractivity contribution in [3.63, 3.8) is 0 Å². The van der Waals surface area contributed by atoms with Gasteiger partial charge in [-0.25, -0.2) is 0 Å². The molecule has 0 spiro atoms. The van der Waals surface area contributed by atoms with Gasteiger partial charge in [0.05, 0.1) is 0 Å². The van der Waals surface area contributed by atoms with Gasteiger partial charge in [0.15, 0.2) is 0 Å². The summed E-state index contributed by atoms with van der Waals surface area (Å²) < 4.78 is 0. The zero-order valence-corrected chi connectivity index (χ0v) is 15.5. The monoisotopic (exact) mass is 330 g/mol. The van der Waals surface area contributed by atoms with E-state index < -0.39 is 5.97 Å². The van der Waals surface area contributed by atoms with Crippen LogP contribution >= 0.6 is 0 Å². The van der Waals surface area contributed by atoms with Crippen molar-refractivity contribution in [1.29, 1.82) is 0 Å². The second-order valence-corrected chi connectivity index (χ2v) is 6.03. The molecule has 1 N–H and O–H groups in total. The molecule has 0 aliphatic carbocycles. The van der Waals surface area contributed by atoms with Crippen molar-refractivity contribution in [3.8, 4) is 11.8 Å². The molecule has 0 saturated carbocycles. The van der Waals surface area contributed by atoms with Crippen LogP contribution in [0.1, 0.15) is 78.1 Å². The van der Waals surface area contributed by atoms with Gasteiger partial charge in [-0.15, -0.1) is 11.8 Å². The lowest BCUT2D eigenvalue weighted by Gasteiger charge is -2.10. The second-order valence-electron chi connectivity index (χ2n) is 6.03. The molecule has 0 aromatic heterocycles. The van der Waals surface area contributed by atoms with Crippen molar-refractivity contribution in [3.05, 3.63) is 36.5 Å². The largest absolute Gasteiger partial charge is 0.481 e. The van der Waals surface area contributed by atoms with Gasteiger partial charge in [0.25, 0.3) is 0 Å². The quantitative estimate of drug-likeness (QED) is 0.230. The Labute approximate surface area is 148 Å². The average Bonchev–Trinajstić information content (AvgIpc) is 2.56. The lowest BCUT2D eigenvalue weighted by molar-refractivity contribution is -0.138. The molecule has 0 heterocycles. The van der Waals surface area contributed by atoms with Crippen molar-refractivity contribution in [1.82, 2.24) is 0 Å². The van der Waals surface area contributed by atoms with E-state index >= 15 is 0 Å². The third-order valence-electron chi connectivity index (χ3n) is 3.79. The number of carbonyl (C=O) groups is 1. The first-order chi connectivity index (χ1) is 11.7. The highest BCUT2D eigenvalue weighted by Gasteiger charge is 2.11. The third kappa shape index (κ3) is 16.6. The number of hydrogen-bond acceptors (Lipinski definition) is 1. The Morgan fingerprint density at radius 2 is 1.67 bits per heavy atom. The summed E-state index contributed by atoms with van der Waals surface area (Å²) in [7, 11) is 0.